The molecule has 0 fully saturated rings. The van der Waals surface area contributed by atoms with Crippen molar-refractivity contribution in [1.82, 2.24) is 38.2 Å². The first-order valence-electron chi connectivity index (χ1n) is 16.9. The zero-order chi connectivity index (χ0) is 40.5. The number of anilines is 4. The van der Waals surface area contributed by atoms with Crippen molar-refractivity contribution in [3.63, 3.8) is 0 Å². The lowest BCUT2D eigenvalue weighted by Crippen LogP contribution is -1.98. The van der Waals surface area contributed by atoms with E-state index >= 15 is 0 Å². The standard InChI is InChI=1S/4C10H10ClN3/c4*1-14-9(6-13-10(14)12)7-2-4-8(11)5-3-7/h4*2-6H,1H3,(H2,12,13). The zero-order valence-electron chi connectivity index (χ0n) is 30.9. The van der Waals surface area contributed by atoms with Crippen LogP contribution in [0.2, 0.25) is 20.1 Å². The van der Waals surface area contributed by atoms with Gasteiger partial charge in [-0.3, -0.25) is 0 Å². The van der Waals surface area contributed by atoms with Gasteiger partial charge in [0.1, 0.15) is 0 Å². The van der Waals surface area contributed by atoms with Crippen LogP contribution in [0.25, 0.3) is 45.0 Å². The van der Waals surface area contributed by atoms with Gasteiger partial charge in [0.2, 0.25) is 0 Å². The Balaban J connectivity index is 0.000000143. The van der Waals surface area contributed by atoms with Crippen LogP contribution in [0, 0.1) is 0 Å². The molecule has 12 nitrogen and oxygen atoms in total. The molecule has 0 aliphatic heterocycles. The predicted molar refractivity (Wildman–Crippen MR) is 232 cm³/mol. The monoisotopic (exact) mass is 828 g/mol. The number of imidazole rings is 4. The van der Waals surface area contributed by atoms with Crippen LogP contribution in [-0.4, -0.2) is 38.2 Å². The first kappa shape index (κ1) is 41.2. The maximum Gasteiger partial charge on any atom is 0.200 e. The van der Waals surface area contributed by atoms with Crippen molar-refractivity contribution >= 4 is 70.2 Å². The number of halogens is 4. The summed E-state index contributed by atoms with van der Waals surface area (Å²) >= 11 is 23.2. The molecule has 8 rings (SSSR count). The molecule has 4 heterocycles. The fraction of sp³-hybridized carbons (Fsp3) is 0.100. The van der Waals surface area contributed by atoms with Gasteiger partial charge in [-0.2, -0.15) is 0 Å². The van der Waals surface area contributed by atoms with Crippen LogP contribution < -0.4 is 22.9 Å². The van der Waals surface area contributed by atoms with E-state index in [1.54, 1.807) is 24.8 Å². The molecule has 0 aliphatic carbocycles. The van der Waals surface area contributed by atoms with Crippen molar-refractivity contribution in [2.75, 3.05) is 22.9 Å². The fourth-order valence-electron chi connectivity index (χ4n) is 5.25. The highest BCUT2D eigenvalue weighted by atomic mass is 35.5. The Hall–Kier alpha value is -5.92. The number of hydrogen-bond acceptors (Lipinski definition) is 8. The second-order valence-corrected chi connectivity index (χ2v) is 14.0. The smallest absolute Gasteiger partial charge is 0.200 e. The maximum absolute atomic E-state index is 5.80. The van der Waals surface area contributed by atoms with Crippen LogP contribution in [0.5, 0.6) is 0 Å². The van der Waals surface area contributed by atoms with Gasteiger partial charge in [0.05, 0.1) is 47.6 Å². The van der Waals surface area contributed by atoms with Gasteiger partial charge in [-0.25, -0.2) is 19.9 Å². The summed E-state index contributed by atoms with van der Waals surface area (Å²) in [5.74, 6) is 2.04. The van der Waals surface area contributed by atoms with E-state index in [0.29, 0.717) is 23.8 Å². The lowest BCUT2D eigenvalue weighted by Gasteiger charge is -2.02. The number of rotatable bonds is 4. The predicted octanol–water partition coefficient (Wildman–Crippen LogP) is 9.29. The topological polar surface area (TPSA) is 175 Å². The lowest BCUT2D eigenvalue weighted by atomic mass is 10.2. The maximum atomic E-state index is 5.80. The van der Waals surface area contributed by atoms with E-state index in [1.807, 2.05) is 144 Å². The largest absolute Gasteiger partial charge is 0.369 e. The van der Waals surface area contributed by atoms with Gasteiger partial charge in [-0.05, 0) is 70.8 Å². The molecule has 0 unspecified atom stereocenters. The van der Waals surface area contributed by atoms with Gasteiger partial charge >= 0.3 is 0 Å². The minimum atomic E-state index is 0.509. The van der Waals surface area contributed by atoms with E-state index in [1.165, 1.54) is 0 Å². The fourth-order valence-corrected chi connectivity index (χ4v) is 5.75. The Morgan fingerprint density at radius 3 is 0.607 bits per heavy atom. The molecule has 16 heteroatoms. The molecule has 0 amide bonds. The van der Waals surface area contributed by atoms with Gasteiger partial charge in [0.15, 0.2) is 23.8 Å². The van der Waals surface area contributed by atoms with Crippen LogP contribution in [0.3, 0.4) is 0 Å². The summed E-state index contributed by atoms with van der Waals surface area (Å²) in [6, 6.07) is 30.3. The lowest BCUT2D eigenvalue weighted by molar-refractivity contribution is 0.938. The Labute approximate surface area is 344 Å². The highest BCUT2D eigenvalue weighted by Crippen LogP contribution is 2.25. The second-order valence-electron chi connectivity index (χ2n) is 12.3. The van der Waals surface area contributed by atoms with E-state index in [2.05, 4.69) is 19.9 Å². The zero-order valence-corrected chi connectivity index (χ0v) is 34.0. The summed E-state index contributed by atoms with van der Waals surface area (Å²) in [7, 11) is 7.52. The van der Waals surface area contributed by atoms with Gasteiger partial charge in [-0.1, -0.05) is 94.9 Å². The second kappa shape index (κ2) is 18.6. The molecule has 8 N–H and O–H groups in total. The van der Waals surface area contributed by atoms with E-state index < -0.39 is 0 Å². The molecule has 0 aliphatic rings. The van der Waals surface area contributed by atoms with Crippen LogP contribution in [-0.2, 0) is 28.2 Å². The molecule has 0 radical (unpaired) electrons. The third-order valence-electron chi connectivity index (χ3n) is 8.66. The third kappa shape index (κ3) is 10.2. The van der Waals surface area contributed by atoms with Crippen LogP contribution in [0.4, 0.5) is 23.8 Å². The van der Waals surface area contributed by atoms with E-state index in [9.17, 15) is 0 Å². The summed E-state index contributed by atoms with van der Waals surface area (Å²) < 4.78 is 7.35. The molecule has 0 bridgehead atoms. The minimum Gasteiger partial charge on any atom is -0.369 e. The van der Waals surface area contributed by atoms with Crippen molar-refractivity contribution in [1.29, 1.82) is 0 Å². The van der Waals surface area contributed by atoms with Crippen molar-refractivity contribution in [2.24, 2.45) is 28.2 Å². The molecule has 0 atom stereocenters. The van der Waals surface area contributed by atoms with Gasteiger partial charge in [0.25, 0.3) is 0 Å². The number of hydrogen-bond donors (Lipinski definition) is 4. The average molecular weight is 831 g/mol. The van der Waals surface area contributed by atoms with Crippen molar-refractivity contribution in [3.05, 3.63) is 142 Å². The quantitative estimate of drug-likeness (QED) is 0.136. The molecule has 0 spiro atoms. The molecule has 0 saturated heterocycles. The highest BCUT2D eigenvalue weighted by Gasteiger charge is 2.08. The molecular formula is C40H40Cl4N12. The van der Waals surface area contributed by atoms with Crippen molar-refractivity contribution < 1.29 is 0 Å². The molecule has 56 heavy (non-hydrogen) atoms. The first-order valence-corrected chi connectivity index (χ1v) is 18.4. The summed E-state index contributed by atoms with van der Waals surface area (Å²) in [5.41, 5.74) is 30.7. The third-order valence-corrected chi connectivity index (χ3v) is 9.66. The Morgan fingerprint density at radius 1 is 0.321 bits per heavy atom. The highest BCUT2D eigenvalue weighted by molar-refractivity contribution is 6.31. The SMILES string of the molecule is Cn1c(-c2ccc(Cl)cc2)cnc1N.Cn1c(-c2ccc(Cl)cc2)cnc1N.Cn1c(-c2ccc(Cl)cc2)cnc1N.Cn1c(-c2ccc(Cl)cc2)cnc1N. The van der Waals surface area contributed by atoms with E-state index in [0.717, 1.165) is 65.1 Å². The number of nitrogen functional groups attached to an aromatic ring is 4. The van der Waals surface area contributed by atoms with Gasteiger partial charge < -0.3 is 41.2 Å². The minimum absolute atomic E-state index is 0.509. The van der Waals surface area contributed by atoms with E-state index in [4.69, 9.17) is 69.3 Å². The van der Waals surface area contributed by atoms with Crippen LogP contribution >= 0.6 is 46.4 Å². The summed E-state index contributed by atoms with van der Waals surface area (Å²) in [6.45, 7) is 0. The van der Waals surface area contributed by atoms with Gasteiger partial charge in [-0.15, -0.1) is 0 Å². The number of benzene rings is 4. The molecule has 288 valence electrons. The summed E-state index contributed by atoms with van der Waals surface area (Å²) in [4.78, 5) is 16.1. The van der Waals surface area contributed by atoms with Crippen LogP contribution in [0.15, 0.2) is 122 Å². The van der Waals surface area contributed by atoms with E-state index in [-0.39, 0.29) is 0 Å². The molecule has 0 saturated carbocycles. The normalized spacial score (nSPS) is 10.4. The Kier molecular flexibility index (Phi) is 13.7. The number of aromatic nitrogens is 8. The molecular weight excluding hydrogens is 790 g/mol. The average Bonchev–Trinajstić information content (AvgIpc) is 3.93. The molecule has 4 aromatic heterocycles. The summed E-state index contributed by atoms with van der Waals surface area (Å²) in [5, 5.41) is 2.90. The summed E-state index contributed by atoms with van der Waals surface area (Å²) in [6.07, 6.45) is 6.99. The number of nitrogens with two attached hydrogens (primary N) is 4. The Bertz CT molecular complexity index is 2130. The number of nitrogens with zero attached hydrogens (tertiary/aromatic N) is 8. The van der Waals surface area contributed by atoms with Gasteiger partial charge in [0, 0.05) is 48.3 Å². The van der Waals surface area contributed by atoms with Crippen LogP contribution in [0.1, 0.15) is 0 Å². The van der Waals surface area contributed by atoms with Crippen molar-refractivity contribution in [3.8, 4) is 45.0 Å². The Morgan fingerprint density at radius 2 is 0.482 bits per heavy atom. The first-order chi connectivity index (χ1) is 26.7. The molecule has 4 aromatic carbocycles. The molecule has 8 aromatic rings. The van der Waals surface area contributed by atoms with Crippen molar-refractivity contribution in [2.45, 2.75) is 0 Å².